The van der Waals surface area contributed by atoms with Gasteiger partial charge in [0.1, 0.15) is 5.82 Å². The number of nitrogens with zero attached hydrogens (tertiary/aromatic N) is 1. The lowest BCUT2D eigenvalue weighted by Gasteiger charge is -2.23. The van der Waals surface area contributed by atoms with Crippen molar-refractivity contribution < 1.29 is 9.18 Å². The Kier molecular flexibility index (Phi) is 4.27. The summed E-state index contributed by atoms with van der Waals surface area (Å²) in [6.45, 7) is 0. The predicted molar refractivity (Wildman–Crippen MR) is 79.6 cm³/mol. The van der Waals surface area contributed by atoms with Gasteiger partial charge in [0.15, 0.2) is 5.11 Å². The van der Waals surface area contributed by atoms with Crippen molar-refractivity contribution in [3.05, 3.63) is 66.0 Å². The smallest absolute Gasteiger partial charge is 0.270 e. The maximum absolute atomic E-state index is 12.9. The summed E-state index contributed by atoms with van der Waals surface area (Å²) < 4.78 is 12.9. The molecule has 0 fully saturated rings. The van der Waals surface area contributed by atoms with Gasteiger partial charge in [-0.2, -0.15) is 0 Å². The van der Waals surface area contributed by atoms with E-state index in [0.717, 1.165) is 0 Å². The first-order chi connectivity index (χ1) is 9.58. The average Bonchev–Trinajstić information content (AvgIpc) is 2.46. The third-order valence-electron chi connectivity index (χ3n) is 2.55. The number of carbonyl (C=O) groups excluding carboxylic acids is 1. The molecule has 0 atom stereocenters. The van der Waals surface area contributed by atoms with Crippen LogP contribution in [0.15, 0.2) is 54.6 Å². The highest BCUT2D eigenvalue weighted by molar-refractivity contribution is 7.80. The standard InChI is InChI=1S/C14H12FN3OS/c15-11-6-8-12(9-7-11)18(14(16)20)17-13(19)10-4-2-1-3-5-10/h1-9H,(H2,16,20)(H,17,19). The number of halogens is 1. The van der Waals surface area contributed by atoms with Crippen LogP contribution in [0.25, 0.3) is 0 Å². The Morgan fingerprint density at radius 3 is 2.25 bits per heavy atom. The number of amides is 1. The molecule has 0 saturated carbocycles. The van der Waals surface area contributed by atoms with Crippen molar-refractivity contribution in [1.82, 2.24) is 5.43 Å². The zero-order chi connectivity index (χ0) is 14.5. The van der Waals surface area contributed by atoms with Crippen LogP contribution in [0, 0.1) is 5.82 Å². The van der Waals surface area contributed by atoms with Gasteiger partial charge >= 0.3 is 0 Å². The van der Waals surface area contributed by atoms with E-state index in [1.165, 1.54) is 29.3 Å². The van der Waals surface area contributed by atoms with E-state index in [1.807, 2.05) is 6.07 Å². The highest BCUT2D eigenvalue weighted by Crippen LogP contribution is 2.13. The minimum absolute atomic E-state index is 0.0408. The molecule has 0 saturated heterocycles. The van der Waals surface area contributed by atoms with Crippen molar-refractivity contribution in [3.8, 4) is 0 Å². The second kappa shape index (κ2) is 6.12. The van der Waals surface area contributed by atoms with Crippen molar-refractivity contribution in [3.63, 3.8) is 0 Å². The van der Waals surface area contributed by atoms with Crippen molar-refractivity contribution in [1.29, 1.82) is 0 Å². The number of rotatable bonds is 2. The quantitative estimate of drug-likeness (QED) is 0.657. The molecule has 0 unspecified atom stereocenters. The number of thiocarbonyl (C=S) groups is 1. The van der Waals surface area contributed by atoms with Crippen molar-refractivity contribution >= 4 is 28.9 Å². The molecule has 0 radical (unpaired) electrons. The minimum Gasteiger partial charge on any atom is -0.374 e. The summed E-state index contributed by atoms with van der Waals surface area (Å²) in [5, 5.41) is 1.19. The first kappa shape index (κ1) is 14.0. The van der Waals surface area contributed by atoms with Gasteiger partial charge in [0.2, 0.25) is 0 Å². The Hall–Kier alpha value is -2.47. The van der Waals surface area contributed by atoms with Gasteiger partial charge in [-0.1, -0.05) is 18.2 Å². The van der Waals surface area contributed by atoms with Crippen LogP contribution in [0.3, 0.4) is 0 Å². The monoisotopic (exact) mass is 289 g/mol. The van der Waals surface area contributed by atoms with Crippen LogP contribution in [-0.4, -0.2) is 11.0 Å². The molecular formula is C14H12FN3OS. The Balaban J connectivity index is 2.20. The van der Waals surface area contributed by atoms with Gasteiger partial charge in [0, 0.05) is 5.56 Å². The van der Waals surface area contributed by atoms with Crippen LogP contribution in [0.4, 0.5) is 10.1 Å². The normalized spacial score (nSPS) is 9.85. The SMILES string of the molecule is NC(=S)N(NC(=O)c1ccccc1)c1ccc(F)cc1. The molecule has 0 spiro atoms. The summed E-state index contributed by atoms with van der Waals surface area (Å²) >= 11 is 4.90. The Morgan fingerprint density at radius 2 is 1.70 bits per heavy atom. The summed E-state index contributed by atoms with van der Waals surface area (Å²) in [5.74, 6) is -0.742. The van der Waals surface area contributed by atoms with Crippen LogP contribution < -0.4 is 16.2 Å². The number of hydrogen-bond donors (Lipinski definition) is 2. The molecule has 3 N–H and O–H groups in total. The molecule has 2 aromatic carbocycles. The minimum atomic E-state index is -0.383. The summed E-state index contributed by atoms with van der Waals surface area (Å²) in [5.41, 5.74) is 9.10. The van der Waals surface area contributed by atoms with E-state index in [9.17, 15) is 9.18 Å². The lowest BCUT2D eigenvalue weighted by Crippen LogP contribution is -2.49. The molecule has 0 aliphatic rings. The lowest BCUT2D eigenvalue weighted by molar-refractivity contribution is 0.0955. The van der Waals surface area contributed by atoms with E-state index in [1.54, 1.807) is 24.3 Å². The molecular weight excluding hydrogens is 277 g/mol. The fourth-order valence-electron chi connectivity index (χ4n) is 1.59. The molecule has 2 rings (SSSR count). The van der Waals surface area contributed by atoms with Crippen molar-refractivity contribution in [2.45, 2.75) is 0 Å². The van der Waals surface area contributed by atoms with E-state index in [2.05, 4.69) is 5.43 Å². The van der Waals surface area contributed by atoms with Gasteiger partial charge in [-0.05, 0) is 48.6 Å². The van der Waals surface area contributed by atoms with E-state index in [0.29, 0.717) is 11.3 Å². The number of hydrogen-bond acceptors (Lipinski definition) is 2. The first-order valence-electron chi connectivity index (χ1n) is 5.79. The largest absolute Gasteiger partial charge is 0.374 e. The lowest BCUT2D eigenvalue weighted by atomic mass is 10.2. The number of hydrazine groups is 1. The topological polar surface area (TPSA) is 58.4 Å². The third kappa shape index (κ3) is 3.30. The molecule has 1 amide bonds. The van der Waals surface area contributed by atoms with E-state index in [-0.39, 0.29) is 16.8 Å². The van der Waals surface area contributed by atoms with Crippen LogP contribution in [0.1, 0.15) is 10.4 Å². The highest BCUT2D eigenvalue weighted by Gasteiger charge is 2.14. The summed E-state index contributed by atoms with van der Waals surface area (Å²) in [6.07, 6.45) is 0. The Bertz CT molecular complexity index is 616. The molecule has 0 aromatic heterocycles. The molecule has 0 aliphatic carbocycles. The fraction of sp³-hybridized carbons (Fsp3) is 0. The van der Waals surface area contributed by atoms with Crippen LogP contribution >= 0.6 is 12.2 Å². The van der Waals surface area contributed by atoms with Crippen LogP contribution in [0.5, 0.6) is 0 Å². The molecule has 2 aromatic rings. The molecule has 6 heteroatoms. The van der Waals surface area contributed by atoms with Gasteiger partial charge in [0.05, 0.1) is 5.69 Å². The fourth-order valence-corrected chi connectivity index (χ4v) is 1.74. The number of carbonyl (C=O) groups is 1. The zero-order valence-electron chi connectivity index (χ0n) is 10.4. The summed E-state index contributed by atoms with van der Waals surface area (Å²) in [7, 11) is 0. The molecule has 20 heavy (non-hydrogen) atoms. The molecule has 4 nitrogen and oxygen atoms in total. The molecule has 0 aliphatic heterocycles. The van der Waals surface area contributed by atoms with E-state index < -0.39 is 0 Å². The highest BCUT2D eigenvalue weighted by atomic mass is 32.1. The molecule has 0 bridgehead atoms. The number of nitrogens with one attached hydrogen (secondary N) is 1. The van der Waals surface area contributed by atoms with Gasteiger partial charge in [-0.25, -0.2) is 9.40 Å². The predicted octanol–water partition coefficient (Wildman–Crippen LogP) is 2.22. The second-order valence-corrected chi connectivity index (χ2v) is 4.38. The number of anilines is 1. The van der Waals surface area contributed by atoms with Gasteiger partial charge in [-0.3, -0.25) is 10.2 Å². The number of nitrogens with two attached hydrogens (primary N) is 1. The average molecular weight is 289 g/mol. The van der Waals surface area contributed by atoms with Gasteiger partial charge in [-0.15, -0.1) is 0 Å². The number of benzene rings is 2. The zero-order valence-corrected chi connectivity index (χ0v) is 11.2. The Labute approximate surface area is 121 Å². The van der Waals surface area contributed by atoms with Crippen molar-refractivity contribution in [2.24, 2.45) is 5.73 Å². The van der Waals surface area contributed by atoms with E-state index in [4.69, 9.17) is 18.0 Å². The van der Waals surface area contributed by atoms with E-state index >= 15 is 0 Å². The second-order valence-electron chi connectivity index (χ2n) is 3.96. The third-order valence-corrected chi connectivity index (χ3v) is 2.74. The molecule has 0 heterocycles. The first-order valence-corrected chi connectivity index (χ1v) is 6.20. The van der Waals surface area contributed by atoms with Crippen LogP contribution in [-0.2, 0) is 0 Å². The summed E-state index contributed by atoms with van der Waals surface area (Å²) in [6, 6.07) is 14.1. The molecule has 102 valence electrons. The maximum Gasteiger partial charge on any atom is 0.270 e. The van der Waals surface area contributed by atoms with Gasteiger partial charge in [0.25, 0.3) is 5.91 Å². The Morgan fingerprint density at radius 1 is 1.10 bits per heavy atom. The van der Waals surface area contributed by atoms with Crippen LogP contribution in [0.2, 0.25) is 0 Å². The maximum atomic E-state index is 12.9. The summed E-state index contributed by atoms with van der Waals surface area (Å²) in [4.78, 5) is 12.1. The van der Waals surface area contributed by atoms with Crippen molar-refractivity contribution in [2.75, 3.05) is 5.01 Å². The van der Waals surface area contributed by atoms with Gasteiger partial charge < -0.3 is 5.73 Å².